The molecule has 1 aliphatic rings. The molecule has 1 atom stereocenters. The van der Waals surface area contributed by atoms with Crippen molar-refractivity contribution in [3.8, 4) is 6.07 Å². The molecule has 5 nitrogen and oxygen atoms in total. The number of nitrogens with one attached hydrogen (secondary N) is 1. The van der Waals surface area contributed by atoms with Gasteiger partial charge in [-0.25, -0.2) is 4.98 Å². The summed E-state index contributed by atoms with van der Waals surface area (Å²) in [6.45, 7) is 2.17. The largest absolute Gasteiger partial charge is 0.323 e. The highest BCUT2D eigenvalue weighted by Gasteiger charge is 2.27. The van der Waals surface area contributed by atoms with Crippen LogP contribution in [0.5, 0.6) is 0 Å². The molecule has 3 aromatic rings. The van der Waals surface area contributed by atoms with Crippen LogP contribution in [-0.2, 0) is 6.42 Å². The average Bonchev–Trinajstić information content (AvgIpc) is 3.04. The van der Waals surface area contributed by atoms with Gasteiger partial charge in [-0.15, -0.1) is 0 Å². The average molecular weight is 354 g/mol. The zero-order valence-electron chi connectivity index (χ0n) is 14.9. The van der Waals surface area contributed by atoms with Gasteiger partial charge in [0.2, 0.25) is 0 Å². The van der Waals surface area contributed by atoms with Crippen LogP contribution >= 0.6 is 0 Å². The third kappa shape index (κ3) is 3.25. The molecule has 4 rings (SSSR count). The summed E-state index contributed by atoms with van der Waals surface area (Å²) >= 11 is 0. The number of hydrogen-bond donors (Lipinski definition) is 1. The highest BCUT2D eigenvalue weighted by molar-refractivity contribution is 6.04. The molecule has 0 fully saturated rings. The molecule has 1 aromatic heterocycles. The number of benzene rings is 2. The minimum absolute atomic E-state index is 0.228. The molecule has 1 aliphatic heterocycles. The molecule has 1 amide bonds. The van der Waals surface area contributed by atoms with Crippen LogP contribution in [0.3, 0.4) is 0 Å². The Balaban J connectivity index is 1.52. The first-order valence-corrected chi connectivity index (χ1v) is 8.80. The molecule has 132 valence electrons. The number of anilines is 3. The Bertz CT molecular complexity index is 1020. The van der Waals surface area contributed by atoms with Crippen LogP contribution in [0.2, 0.25) is 0 Å². The van der Waals surface area contributed by atoms with E-state index in [1.807, 2.05) is 12.1 Å². The summed E-state index contributed by atoms with van der Waals surface area (Å²) in [5.41, 5.74) is 4.18. The lowest BCUT2D eigenvalue weighted by Crippen LogP contribution is -2.25. The molecule has 2 heterocycles. The van der Waals surface area contributed by atoms with Crippen molar-refractivity contribution in [2.75, 3.05) is 10.2 Å². The lowest BCUT2D eigenvalue weighted by Gasteiger charge is -2.23. The van der Waals surface area contributed by atoms with Crippen LogP contribution in [0.15, 0.2) is 66.9 Å². The first-order valence-electron chi connectivity index (χ1n) is 8.80. The minimum Gasteiger partial charge on any atom is -0.323 e. The predicted molar refractivity (Wildman–Crippen MR) is 105 cm³/mol. The number of nitriles is 1. The number of amides is 1. The van der Waals surface area contributed by atoms with Crippen LogP contribution in [-0.4, -0.2) is 16.9 Å². The van der Waals surface area contributed by atoms with E-state index in [1.165, 1.54) is 11.3 Å². The number of nitrogens with zero attached hydrogens (tertiary/aromatic N) is 3. The molecule has 0 saturated carbocycles. The van der Waals surface area contributed by atoms with Gasteiger partial charge in [0, 0.05) is 23.6 Å². The molecule has 0 radical (unpaired) electrons. The van der Waals surface area contributed by atoms with Crippen molar-refractivity contribution in [2.24, 2.45) is 0 Å². The lowest BCUT2D eigenvalue weighted by molar-refractivity contribution is 0.102. The Hall–Kier alpha value is -3.65. The van der Waals surface area contributed by atoms with Gasteiger partial charge in [-0.2, -0.15) is 5.26 Å². The fourth-order valence-corrected chi connectivity index (χ4v) is 3.41. The zero-order chi connectivity index (χ0) is 18.8. The van der Waals surface area contributed by atoms with E-state index in [9.17, 15) is 4.79 Å². The van der Waals surface area contributed by atoms with Gasteiger partial charge in [0.1, 0.15) is 5.82 Å². The van der Waals surface area contributed by atoms with E-state index in [1.54, 1.807) is 36.5 Å². The number of carbonyl (C=O) groups excluding carboxylic acids is 1. The first kappa shape index (κ1) is 16.8. The van der Waals surface area contributed by atoms with E-state index in [2.05, 4.69) is 46.4 Å². The second-order valence-corrected chi connectivity index (χ2v) is 6.60. The Labute approximate surface area is 157 Å². The Morgan fingerprint density at radius 1 is 1.15 bits per heavy atom. The van der Waals surface area contributed by atoms with Crippen molar-refractivity contribution >= 4 is 23.1 Å². The maximum atomic E-state index is 12.4. The van der Waals surface area contributed by atoms with Gasteiger partial charge in [0.05, 0.1) is 17.2 Å². The minimum atomic E-state index is -0.228. The number of para-hydroxylation sites is 1. The van der Waals surface area contributed by atoms with Gasteiger partial charge in [-0.05, 0) is 61.4 Å². The van der Waals surface area contributed by atoms with Gasteiger partial charge in [-0.1, -0.05) is 18.2 Å². The quantitative estimate of drug-likeness (QED) is 0.762. The monoisotopic (exact) mass is 354 g/mol. The van der Waals surface area contributed by atoms with E-state index >= 15 is 0 Å². The number of carbonyl (C=O) groups is 1. The van der Waals surface area contributed by atoms with Crippen LogP contribution in [0, 0.1) is 11.3 Å². The van der Waals surface area contributed by atoms with E-state index in [4.69, 9.17) is 5.26 Å². The summed E-state index contributed by atoms with van der Waals surface area (Å²) in [7, 11) is 0. The summed E-state index contributed by atoms with van der Waals surface area (Å²) in [4.78, 5) is 19.2. The summed E-state index contributed by atoms with van der Waals surface area (Å²) in [5.74, 6) is 0.607. The van der Waals surface area contributed by atoms with Crippen molar-refractivity contribution in [3.05, 3.63) is 83.6 Å². The van der Waals surface area contributed by atoms with Crippen molar-refractivity contribution in [2.45, 2.75) is 19.4 Å². The van der Waals surface area contributed by atoms with Crippen molar-refractivity contribution < 1.29 is 4.79 Å². The molecular formula is C22H18N4O. The number of rotatable bonds is 3. The Kier molecular flexibility index (Phi) is 4.31. The number of fused-ring (bicyclic) bond motifs is 1. The normalized spacial score (nSPS) is 15.1. The highest BCUT2D eigenvalue weighted by atomic mass is 16.1. The van der Waals surface area contributed by atoms with Gasteiger partial charge >= 0.3 is 0 Å². The summed E-state index contributed by atoms with van der Waals surface area (Å²) in [6, 6.07) is 21.1. The molecule has 27 heavy (non-hydrogen) atoms. The molecule has 0 spiro atoms. The highest BCUT2D eigenvalue weighted by Crippen LogP contribution is 2.36. The van der Waals surface area contributed by atoms with Gasteiger partial charge < -0.3 is 10.2 Å². The van der Waals surface area contributed by atoms with Crippen LogP contribution < -0.4 is 10.2 Å². The van der Waals surface area contributed by atoms with E-state index in [0.717, 1.165) is 12.2 Å². The SMILES string of the molecule is CC1Cc2ccccc2N1c1ccc(C(=O)Nc2ccc(C#N)cc2)cn1. The molecule has 1 unspecified atom stereocenters. The topological polar surface area (TPSA) is 69.0 Å². The Morgan fingerprint density at radius 2 is 1.93 bits per heavy atom. The van der Waals surface area contributed by atoms with Crippen LogP contribution in [0.4, 0.5) is 17.2 Å². The third-order valence-electron chi connectivity index (χ3n) is 4.74. The first-order chi connectivity index (χ1) is 13.2. The fraction of sp³-hybridized carbons (Fsp3) is 0.136. The van der Waals surface area contributed by atoms with Gasteiger partial charge in [0.15, 0.2) is 0 Å². The van der Waals surface area contributed by atoms with Crippen LogP contribution in [0.25, 0.3) is 0 Å². The molecule has 0 aliphatic carbocycles. The van der Waals surface area contributed by atoms with Crippen molar-refractivity contribution in [1.82, 2.24) is 4.98 Å². The smallest absolute Gasteiger partial charge is 0.257 e. The van der Waals surface area contributed by atoms with E-state index in [-0.39, 0.29) is 5.91 Å². The molecule has 0 saturated heterocycles. The Morgan fingerprint density at radius 3 is 2.63 bits per heavy atom. The fourth-order valence-electron chi connectivity index (χ4n) is 3.41. The summed E-state index contributed by atoms with van der Waals surface area (Å²) in [6.07, 6.45) is 2.58. The maximum absolute atomic E-state index is 12.4. The van der Waals surface area contributed by atoms with Gasteiger partial charge in [0.25, 0.3) is 5.91 Å². The number of aromatic nitrogens is 1. The molecule has 2 aromatic carbocycles. The van der Waals surface area contributed by atoms with Crippen molar-refractivity contribution in [1.29, 1.82) is 5.26 Å². The number of hydrogen-bond acceptors (Lipinski definition) is 4. The molecule has 0 bridgehead atoms. The van der Waals surface area contributed by atoms with Crippen LogP contribution in [0.1, 0.15) is 28.4 Å². The predicted octanol–water partition coefficient (Wildman–Crippen LogP) is 4.29. The maximum Gasteiger partial charge on any atom is 0.257 e. The molecular weight excluding hydrogens is 336 g/mol. The summed E-state index contributed by atoms with van der Waals surface area (Å²) in [5, 5.41) is 11.7. The molecule has 1 N–H and O–H groups in total. The zero-order valence-corrected chi connectivity index (χ0v) is 14.9. The van der Waals surface area contributed by atoms with Crippen molar-refractivity contribution in [3.63, 3.8) is 0 Å². The summed E-state index contributed by atoms with van der Waals surface area (Å²) < 4.78 is 0. The van der Waals surface area contributed by atoms with Gasteiger partial charge in [-0.3, -0.25) is 4.79 Å². The third-order valence-corrected chi connectivity index (χ3v) is 4.74. The second-order valence-electron chi connectivity index (χ2n) is 6.60. The lowest BCUT2D eigenvalue weighted by atomic mass is 10.1. The van der Waals surface area contributed by atoms with E-state index in [0.29, 0.717) is 22.9 Å². The standard InChI is InChI=1S/C22H18N4O/c1-15-12-17-4-2-3-5-20(17)26(15)21-11-8-18(14-24-21)22(27)25-19-9-6-16(13-23)7-10-19/h2-11,14-15H,12H2,1H3,(H,25,27). The van der Waals surface area contributed by atoms with E-state index < -0.39 is 0 Å². The number of pyridine rings is 1. The molecule has 5 heteroatoms. The second kappa shape index (κ2) is 6.93.